The van der Waals surface area contributed by atoms with Gasteiger partial charge in [0.1, 0.15) is 12.4 Å². The molecule has 1 amide bonds. The number of benzodiazepines with no additional fused rings is 1. The standard InChI is InChI=1S/C18H16ClFN2O4/c1-24-13-7-11-15(10-6-9(19)4-5-12(10)20)21-8-14(23)22-16(11)18(26-3)17(13)25-2/h4-7H,8H2,1-3H3,(H,22,23). The van der Waals surface area contributed by atoms with Crippen LogP contribution in [0.15, 0.2) is 29.3 Å². The molecule has 2 aromatic rings. The van der Waals surface area contributed by atoms with E-state index in [1.165, 1.54) is 39.5 Å². The highest BCUT2D eigenvalue weighted by Gasteiger charge is 2.28. The van der Waals surface area contributed by atoms with Crippen LogP contribution in [0.4, 0.5) is 10.1 Å². The maximum Gasteiger partial charge on any atom is 0.246 e. The van der Waals surface area contributed by atoms with Crippen LogP contribution in [0.5, 0.6) is 17.2 Å². The van der Waals surface area contributed by atoms with E-state index in [-0.39, 0.29) is 29.5 Å². The minimum Gasteiger partial charge on any atom is -0.493 e. The van der Waals surface area contributed by atoms with Gasteiger partial charge in [-0.1, -0.05) is 11.6 Å². The van der Waals surface area contributed by atoms with Crippen LogP contribution in [0.3, 0.4) is 0 Å². The van der Waals surface area contributed by atoms with Crippen LogP contribution in [-0.2, 0) is 4.79 Å². The molecular formula is C18H16ClFN2O4. The SMILES string of the molecule is COc1cc2c(c(OC)c1OC)NC(=O)CN=C2c1cc(Cl)ccc1F. The summed E-state index contributed by atoms with van der Waals surface area (Å²) in [6.45, 7) is -0.177. The largest absolute Gasteiger partial charge is 0.493 e. The summed E-state index contributed by atoms with van der Waals surface area (Å²) in [5, 5.41) is 3.08. The molecule has 0 fully saturated rings. The summed E-state index contributed by atoms with van der Waals surface area (Å²) in [5.41, 5.74) is 1.19. The zero-order chi connectivity index (χ0) is 18.8. The molecule has 1 aliphatic rings. The van der Waals surface area contributed by atoms with Crippen molar-refractivity contribution in [1.29, 1.82) is 0 Å². The molecule has 136 valence electrons. The molecule has 0 saturated carbocycles. The quantitative estimate of drug-likeness (QED) is 0.886. The van der Waals surface area contributed by atoms with Gasteiger partial charge in [-0.05, 0) is 24.3 Å². The highest BCUT2D eigenvalue weighted by Crippen LogP contribution is 2.46. The number of nitrogens with zero attached hydrogens (tertiary/aromatic N) is 1. The van der Waals surface area contributed by atoms with Gasteiger partial charge in [0.25, 0.3) is 0 Å². The summed E-state index contributed by atoms with van der Waals surface area (Å²) < 4.78 is 30.6. The van der Waals surface area contributed by atoms with Gasteiger partial charge in [-0.15, -0.1) is 0 Å². The van der Waals surface area contributed by atoms with Crippen LogP contribution in [0.1, 0.15) is 11.1 Å². The van der Waals surface area contributed by atoms with Crippen LogP contribution in [0.2, 0.25) is 5.02 Å². The van der Waals surface area contributed by atoms with E-state index in [1.54, 1.807) is 6.07 Å². The summed E-state index contributed by atoms with van der Waals surface area (Å²) in [6.07, 6.45) is 0. The van der Waals surface area contributed by atoms with Crippen LogP contribution in [0.25, 0.3) is 0 Å². The van der Waals surface area contributed by atoms with Gasteiger partial charge in [-0.3, -0.25) is 9.79 Å². The van der Waals surface area contributed by atoms with Crippen molar-refractivity contribution < 1.29 is 23.4 Å². The molecule has 0 spiro atoms. The lowest BCUT2D eigenvalue weighted by molar-refractivity contribution is -0.114. The number of fused-ring (bicyclic) bond motifs is 1. The number of hydrogen-bond donors (Lipinski definition) is 1. The van der Waals surface area contributed by atoms with Crippen molar-refractivity contribution >= 4 is 28.9 Å². The van der Waals surface area contributed by atoms with E-state index < -0.39 is 5.82 Å². The monoisotopic (exact) mass is 378 g/mol. The number of rotatable bonds is 4. The second-order valence-electron chi connectivity index (χ2n) is 5.41. The number of halogens is 2. The van der Waals surface area contributed by atoms with E-state index in [0.29, 0.717) is 27.8 Å². The average molecular weight is 379 g/mol. The number of methoxy groups -OCH3 is 3. The van der Waals surface area contributed by atoms with Crippen molar-refractivity contribution in [3.05, 3.63) is 46.2 Å². The van der Waals surface area contributed by atoms with E-state index in [9.17, 15) is 9.18 Å². The number of benzene rings is 2. The van der Waals surface area contributed by atoms with Gasteiger partial charge >= 0.3 is 0 Å². The molecule has 26 heavy (non-hydrogen) atoms. The van der Waals surface area contributed by atoms with Crippen molar-refractivity contribution in [3.8, 4) is 17.2 Å². The fourth-order valence-electron chi connectivity index (χ4n) is 2.79. The molecule has 0 aromatic heterocycles. The second-order valence-corrected chi connectivity index (χ2v) is 5.84. The van der Waals surface area contributed by atoms with E-state index in [4.69, 9.17) is 25.8 Å². The molecule has 0 saturated heterocycles. The Bertz CT molecular complexity index is 915. The molecule has 0 radical (unpaired) electrons. The molecule has 8 heteroatoms. The molecule has 1 heterocycles. The predicted molar refractivity (Wildman–Crippen MR) is 96.6 cm³/mol. The molecule has 0 bridgehead atoms. The lowest BCUT2D eigenvalue weighted by atomic mass is 9.98. The third-order valence-corrected chi connectivity index (χ3v) is 4.15. The first-order chi connectivity index (χ1) is 12.5. The number of ether oxygens (including phenoxy) is 3. The normalized spacial score (nSPS) is 13.3. The van der Waals surface area contributed by atoms with Gasteiger partial charge in [-0.2, -0.15) is 0 Å². The number of anilines is 1. The van der Waals surface area contributed by atoms with Crippen molar-refractivity contribution in [1.82, 2.24) is 0 Å². The number of carbonyl (C=O) groups is 1. The lowest BCUT2D eigenvalue weighted by Crippen LogP contribution is -2.15. The Labute approximate surface area is 154 Å². The van der Waals surface area contributed by atoms with Crippen LogP contribution in [-0.4, -0.2) is 39.5 Å². The first-order valence-electron chi connectivity index (χ1n) is 7.63. The van der Waals surface area contributed by atoms with E-state index >= 15 is 0 Å². The van der Waals surface area contributed by atoms with Crippen LogP contribution >= 0.6 is 11.6 Å². The number of amides is 1. The minimum absolute atomic E-state index is 0.171. The average Bonchev–Trinajstić information content (AvgIpc) is 2.80. The Hall–Kier alpha value is -2.80. The van der Waals surface area contributed by atoms with E-state index in [0.717, 1.165) is 0 Å². The number of hydrogen-bond acceptors (Lipinski definition) is 5. The Morgan fingerprint density at radius 2 is 1.81 bits per heavy atom. The maximum absolute atomic E-state index is 14.5. The molecule has 2 aromatic carbocycles. The molecule has 6 nitrogen and oxygen atoms in total. The third-order valence-electron chi connectivity index (χ3n) is 3.91. The summed E-state index contributed by atoms with van der Waals surface area (Å²) >= 11 is 6.02. The van der Waals surface area contributed by atoms with Gasteiger partial charge in [-0.25, -0.2) is 4.39 Å². The molecule has 1 N–H and O–H groups in total. The van der Waals surface area contributed by atoms with Gasteiger partial charge in [0.2, 0.25) is 11.7 Å². The van der Waals surface area contributed by atoms with Crippen molar-refractivity contribution in [2.75, 3.05) is 33.2 Å². The molecule has 0 atom stereocenters. The zero-order valence-corrected chi connectivity index (χ0v) is 15.1. The Morgan fingerprint density at radius 1 is 1.08 bits per heavy atom. The molecular weight excluding hydrogens is 363 g/mol. The first-order valence-corrected chi connectivity index (χ1v) is 8.01. The third kappa shape index (κ3) is 3.06. The predicted octanol–water partition coefficient (Wildman–Crippen LogP) is 3.29. The summed E-state index contributed by atoms with van der Waals surface area (Å²) in [5.74, 6) is 0.0416. The van der Waals surface area contributed by atoms with Crippen LogP contribution < -0.4 is 19.5 Å². The Balaban J connectivity index is 2.34. The first kappa shape index (κ1) is 18.0. The smallest absolute Gasteiger partial charge is 0.246 e. The fraction of sp³-hybridized carbons (Fsp3) is 0.222. The van der Waals surface area contributed by atoms with E-state index in [1.807, 2.05) is 0 Å². The number of aliphatic imine (C=N–C) groups is 1. The highest BCUT2D eigenvalue weighted by atomic mass is 35.5. The summed E-state index contributed by atoms with van der Waals surface area (Å²) in [7, 11) is 4.36. The topological polar surface area (TPSA) is 69.2 Å². The number of carbonyl (C=O) groups excluding carboxylic acids is 1. The highest BCUT2D eigenvalue weighted by molar-refractivity contribution is 6.31. The Morgan fingerprint density at radius 3 is 2.46 bits per heavy atom. The van der Waals surface area contributed by atoms with Gasteiger partial charge < -0.3 is 19.5 Å². The van der Waals surface area contributed by atoms with E-state index in [2.05, 4.69) is 10.3 Å². The fourth-order valence-corrected chi connectivity index (χ4v) is 2.96. The van der Waals surface area contributed by atoms with Gasteiger partial charge in [0.15, 0.2) is 11.5 Å². The van der Waals surface area contributed by atoms with Crippen LogP contribution in [0, 0.1) is 5.82 Å². The van der Waals surface area contributed by atoms with Crippen molar-refractivity contribution in [3.63, 3.8) is 0 Å². The molecule has 1 aliphatic heterocycles. The summed E-state index contributed by atoms with van der Waals surface area (Å²) in [6, 6.07) is 5.76. The molecule has 0 unspecified atom stereocenters. The summed E-state index contributed by atoms with van der Waals surface area (Å²) in [4.78, 5) is 16.4. The van der Waals surface area contributed by atoms with Gasteiger partial charge in [0, 0.05) is 16.1 Å². The lowest BCUT2D eigenvalue weighted by Gasteiger charge is -2.19. The molecule has 3 rings (SSSR count). The molecule has 0 aliphatic carbocycles. The Kier molecular flexibility index (Phi) is 4.99. The minimum atomic E-state index is -0.512. The van der Waals surface area contributed by atoms with Crippen molar-refractivity contribution in [2.24, 2.45) is 4.99 Å². The second kappa shape index (κ2) is 7.21. The van der Waals surface area contributed by atoms with Gasteiger partial charge in [0.05, 0.1) is 32.7 Å². The van der Waals surface area contributed by atoms with Crippen molar-refractivity contribution in [2.45, 2.75) is 0 Å². The number of nitrogens with one attached hydrogen (secondary N) is 1. The maximum atomic E-state index is 14.5. The zero-order valence-electron chi connectivity index (χ0n) is 14.4.